The van der Waals surface area contributed by atoms with Crippen LogP contribution in [0.1, 0.15) is 29.8 Å². The van der Waals surface area contributed by atoms with Crippen LogP contribution in [0, 0.1) is 0 Å². The first-order valence-electron chi connectivity index (χ1n) is 8.96. The fourth-order valence-electron chi connectivity index (χ4n) is 2.50. The van der Waals surface area contributed by atoms with Crippen LogP contribution in [0.5, 0.6) is 11.5 Å². The van der Waals surface area contributed by atoms with E-state index in [2.05, 4.69) is 5.43 Å². The van der Waals surface area contributed by atoms with Gasteiger partial charge in [0, 0.05) is 17.1 Å². The zero-order valence-electron chi connectivity index (χ0n) is 15.9. The van der Waals surface area contributed by atoms with E-state index in [1.54, 1.807) is 24.3 Å². The second-order valence-electron chi connectivity index (χ2n) is 5.83. The van der Waals surface area contributed by atoms with Crippen molar-refractivity contribution in [3.8, 4) is 11.5 Å². The summed E-state index contributed by atoms with van der Waals surface area (Å²) < 4.78 is 11.2. The topological polar surface area (TPSA) is 76.8 Å². The minimum Gasteiger partial charge on any atom is -0.490 e. The first kappa shape index (κ1) is 21.8. The molecule has 0 saturated heterocycles. The average molecular weight is 422 g/mol. The molecule has 6 nitrogen and oxygen atoms in total. The van der Waals surface area contributed by atoms with Gasteiger partial charge in [0.2, 0.25) is 0 Å². The zero-order chi connectivity index (χ0) is 20.5. The summed E-state index contributed by atoms with van der Waals surface area (Å²) >= 11 is 10.9. The molecular weight excluding hydrogens is 398 g/mol. The van der Waals surface area contributed by atoms with E-state index >= 15 is 0 Å². The van der Waals surface area contributed by atoms with Gasteiger partial charge in [-0.2, -0.15) is 0 Å². The molecule has 2 aromatic carbocycles. The molecule has 0 heterocycles. The zero-order valence-corrected chi connectivity index (χ0v) is 17.5. The average Bonchev–Trinajstić information content (AvgIpc) is 2.67. The number of carbonyl (C=O) groups is 1. The van der Waals surface area contributed by atoms with Crippen molar-refractivity contribution in [3.05, 3.63) is 58.6 Å². The van der Waals surface area contributed by atoms with Crippen molar-refractivity contribution in [1.29, 1.82) is 0 Å². The van der Waals surface area contributed by atoms with E-state index in [0.29, 0.717) is 48.3 Å². The van der Waals surface area contributed by atoms with Gasteiger partial charge in [0.1, 0.15) is 0 Å². The van der Waals surface area contributed by atoms with Gasteiger partial charge in [-0.05, 0) is 74.4 Å². The third-order valence-corrected chi connectivity index (χ3v) is 4.31. The van der Waals surface area contributed by atoms with Gasteiger partial charge in [0.25, 0.3) is 5.91 Å². The molecule has 0 aliphatic rings. The lowest BCUT2D eigenvalue weighted by Gasteiger charge is -2.23. The number of nitrogens with two attached hydrogens (primary N) is 1. The first-order chi connectivity index (χ1) is 13.4. The van der Waals surface area contributed by atoms with Gasteiger partial charge < -0.3 is 15.2 Å². The molecule has 0 bridgehead atoms. The van der Waals surface area contributed by atoms with Crippen molar-refractivity contribution in [1.82, 2.24) is 10.4 Å². The van der Waals surface area contributed by atoms with E-state index in [4.69, 9.17) is 39.0 Å². The molecule has 1 amide bonds. The van der Waals surface area contributed by atoms with Crippen LogP contribution in [0.3, 0.4) is 0 Å². The Hall–Kier alpha value is -2.51. The molecule has 0 unspecified atom stereocenters. The Bertz CT molecular complexity index is 815. The molecule has 0 aliphatic carbocycles. The van der Waals surface area contributed by atoms with Crippen LogP contribution in [-0.4, -0.2) is 35.8 Å². The number of carbonyl (C=O) groups excluding carboxylic acids is 1. The Labute approximate surface area is 175 Å². The molecule has 0 aliphatic heterocycles. The van der Waals surface area contributed by atoms with Crippen molar-refractivity contribution in [2.24, 2.45) is 5.73 Å². The quantitative estimate of drug-likeness (QED) is 0.501. The van der Waals surface area contributed by atoms with Gasteiger partial charge in [-0.15, -0.1) is 0 Å². The van der Waals surface area contributed by atoms with Crippen LogP contribution in [0.2, 0.25) is 5.02 Å². The van der Waals surface area contributed by atoms with E-state index in [-0.39, 0.29) is 11.0 Å². The maximum absolute atomic E-state index is 12.4. The maximum Gasteiger partial charge on any atom is 0.269 e. The number of rotatable bonds is 8. The summed E-state index contributed by atoms with van der Waals surface area (Å²) in [5.74, 6) is 1.08. The monoisotopic (exact) mass is 421 g/mol. The Morgan fingerprint density at radius 3 is 2.36 bits per heavy atom. The van der Waals surface area contributed by atoms with Crippen LogP contribution < -0.4 is 20.6 Å². The highest BCUT2D eigenvalue weighted by atomic mass is 35.5. The normalized spacial score (nSPS) is 10.2. The molecule has 150 valence electrons. The molecule has 28 heavy (non-hydrogen) atoms. The van der Waals surface area contributed by atoms with Crippen LogP contribution in [0.25, 0.3) is 0 Å². The smallest absolute Gasteiger partial charge is 0.269 e. The fourth-order valence-corrected chi connectivity index (χ4v) is 2.76. The summed E-state index contributed by atoms with van der Waals surface area (Å²) in [6.45, 7) is 5.36. The Balaban J connectivity index is 2.04. The summed E-state index contributed by atoms with van der Waals surface area (Å²) in [7, 11) is 0. The van der Waals surface area contributed by atoms with Gasteiger partial charge in [-0.25, -0.2) is 0 Å². The van der Waals surface area contributed by atoms with Crippen molar-refractivity contribution >= 4 is 34.8 Å². The predicted octanol–water partition coefficient (Wildman–Crippen LogP) is 3.57. The first-order valence-corrected chi connectivity index (χ1v) is 9.75. The lowest BCUT2D eigenvalue weighted by atomic mass is 10.1. The van der Waals surface area contributed by atoms with Crippen LogP contribution in [-0.2, 0) is 6.42 Å². The van der Waals surface area contributed by atoms with E-state index in [9.17, 15) is 4.79 Å². The van der Waals surface area contributed by atoms with Crippen LogP contribution in [0.15, 0.2) is 42.5 Å². The summed E-state index contributed by atoms with van der Waals surface area (Å²) in [4.78, 5) is 12.4. The SMILES string of the molecule is CCOc1ccc(CCN(NC(=O)c2ccc(Cl)cc2)C(N)=S)cc1OCC. The van der Waals surface area contributed by atoms with Crippen LogP contribution >= 0.6 is 23.8 Å². The second-order valence-corrected chi connectivity index (χ2v) is 6.69. The molecule has 2 aromatic rings. The molecule has 0 fully saturated rings. The molecule has 0 atom stereocenters. The third-order valence-electron chi connectivity index (χ3n) is 3.84. The van der Waals surface area contributed by atoms with Gasteiger partial charge in [-0.3, -0.25) is 15.2 Å². The minimum absolute atomic E-state index is 0.0817. The van der Waals surface area contributed by atoms with E-state index in [1.165, 1.54) is 5.01 Å². The number of halogens is 1. The number of benzene rings is 2. The van der Waals surface area contributed by atoms with Gasteiger partial charge >= 0.3 is 0 Å². The summed E-state index contributed by atoms with van der Waals surface area (Å²) in [5, 5.41) is 2.09. The van der Waals surface area contributed by atoms with E-state index < -0.39 is 0 Å². The number of hydrazine groups is 1. The number of nitrogens with zero attached hydrogens (tertiary/aromatic N) is 1. The summed E-state index contributed by atoms with van der Waals surface area (Å²) in [6.07, 6.45) is 0.602. The number of ether oxygens (including phenoxy) is 2. The van der Waals surface area contributed by atoms with Gasteiger partial charge in [-0.1, -0.05) is 17.7 Å². The second kappa shape index (κ2) is 10.7. The molecule has 0 radical (unpaired) electrons. The summed E-state index contributed by atoms with van der Waals surface area (Å²) in [5.41, 5.74) is 9.96. The van der Waals surface area contributed by atoms with Crippen molar-refractivity contribution < 1.29 is 14.3 Å². The molecule has 0 spiro atoms. The molecular formula is C20H24ClN3O3S. The van der Waals surface area contributed by atoms with Crippen LogP contribution in [0.4, 0.5) is 0 Å². The number of nitrogens with one attached hydrogen (secondary N) is 1. The minimum atomic E-state index is -0.314. The predicted molar refractivity (Wildman–Crippen MR) is 115 cm³/mol. The number of thiocarbonyl (C=S) groups is 1. The van der Waals surface area contributed by atoms with Crippen molar-refractivity contribution in [3.63, 3.8) is 0 Å². The number of hydrogen-bond donors (Lipinski definition) is 2. The highest BCUT2D eigenvalue weighted by molar-refractivity contribution is 7.80. The van der Waals surface area contributed by atoms with E-state index in [0.717, 1.165) is 5.56 Å². The van der Waals surface area contributed by atoms with Gasteiger partial charge in [0.15, 0.2) is 16.6 Å². The fraction of sp³-hybridized carbons (Fsp3) is 0.300. The number of amides is 1. The molecule has 2 rings (SSSR count). The lowest BCUT2D eigenvalue weighted by Crippen LogP contribution is -2.49. The molecule has 8 heteroatoms. The Kier molecular flexibility index (Phi) is 8.35. The van der Waals surface area contributed by atoms with E-state index in [1.807, 2.05) is 32.0 Å². The van der Waals surface area contributed by atoms with Crippen molar-refractivity contribution in [2.45, 2.75) is 20.3 Å². The Morgan fingerprint density at radius 2 is 1.75 bits per heavy atom. The standard InChI is InChI=1S/C20H24ClN3O3S/c1-3-26-17-10-5-14(13-18(17)27-4-2)11-12-24(20(22)28)23-19(25)15-6-8-16(21)9-7-15/h5-10,13H,3-4,11-12H2,1-2H3,(H2,22,28)(H,23,25). The maximum atomic E-state index is 12.4. The molecule has 0 aromatic heterocycles. The Morgan fingerprint density at radius 1 is 1.11 bits per heavy atom. The van der Waals surface area contributed by atoms with Gasteiger partial charge in [0.05, 0.1) is 13.2 Å². The number of hydrogen-bond acceptors (Lipinski definition) is 4. The van der Waals surface area contributed by atoms with Crippen molar-refractivity contribution in [2.75, 3.05) is 19.8 Å². The largest absolute Gasteiger partial charge is 0.490 e. The molecule has 0 saturated carbocycles. The molecule has 3 N–H and O–H groups in total. The third kappa shape index (κ3) is 6.28. The summed E-state index contributed by atoms with van der Waals surface area (Å²) in [6, 6.07) is 12.3. The highest BCUT2D eigenvalue weighted by Crippen LogP contribution is 2.28. The lowest BCUT2D eigenvalue weighted by molar-refractivity contribution is 0.0871. The highest BCUT2D eigenvalue weighted by Gasteiger charge is 2.13.